The van der Waals surface area contributed by atoms with Gasteiger partial charge in [0.25, 0.3) is 0 Å². The molecule has 0 radical (unpaired) electrons. The molecule has 0 bridgehead atoms. The maximum atomic E-state index is 13.6. The predicted octanol–water partition coefficient (Wildman–Crippen LogP) is 2.33. The molecule has 0 aliphatic heterocycles. The molecule has 6 nitrogen and oxygen atoms in total. The highest BCUT2D eigenvalue weighted by molar-refractivity contribution is 6.30. The van der Waals surface area contributed by atoms with Crippen LogP contribution in [0.15, 0.2) is 43.0 Å². The van der Waals surface area contributed by atoms with E-state index in [2.05, 4.69) is 32.5 Å². The van der Waals surface area contributed by atoms with E-state index in [4.69, 9.17) is 11.6 Å². The number of hydrogen-bond donors (Lipinski definition) is 2. The molecular weight excluding hydrogens is 309 g/mol. The van der Waals surface area contributed by atoms with Crippen LogP contribution in [0, 0.1) is 5.82 Å². The number of nitrogens with zero attached hydrogens (tertiary/aromatic N) is 3. The van der Waals surface area contributed by atoms with Gasteiger partial charge in [0.1, 0.15) is 11.9 Å². The van der Waals surface area contributed by atoms with Gasteiger partial charge in [-0.3, -0.25) is 4.79 Å². The van der Waals surface area contributed by atoms with Crippen molar-refractivity contribution in [3.05, 3.63) is 65.2 Å². The van der Waals surface area contributed by atoms with Crippen LogP contribution in [0.3, 0.4) is 0 Å². The first kappa shape index (κ1) is 15.8. The Morgan fingerprint density at radius 2 is 2.36 bits per heavy atom. The van der Waals surface area contributed by atoms with Crippen LogP contribution in [0.4, 0.5) is 4.39 Å². The van der Waals surface area contributed by atoms with Crippen LogP contribution in [-0.2, 0) is 4.79 Å². The molecule has 1 amide bonds. The molecule has 0 aliphatic carbocycles. The van der Waals surface area contributed by atoms with Gasteiger partial charge in [-0.05, 0) is 17.7 Å². The number of nitrogens with one attached hydrogen (secondary N) is 2. The van der Waals surface area contributed by atoms with E-state index in [9.17, 15) is 9.18 Å². The number of rotatable bonds is 6. The topological polar surface area (TPSA) is 83.6 Å². The molecule has 0 saturated carbocycles. The number of hydrogen-bond acceptors (Lipinski definition) is 4. The van der Waals surface area contributed by atoms with E-state index in [1.807, 2.05) is 0 Å². The number of amides is 1. The molecule has 114 valence electrons. The summed E-state index contributed by atoms with van der Waals surface area (Å²) in [7, 11) is 0. The van der Waals surface area contributed by atoms with Crippen LogP contribution in [0.1, 0.15) is 23.9 Å². The molecule has 8 heteroatoms. The highest BCUT2D eigenvalue weighted by atomic mass is 35.5. The lowest BCUT2D eigenvalue weighted by Gasteiger charge is -2.15. The second-order valence-corrected chi connectivity index (χ2v) is 4.72. The van der Waals surface area contributed by atoms with Gasteiger partial charge in [-0.15, -0.1) is 10.2 Å². The quantitative estimate of drug-likeness (QED) is 0.800. The molecular formula is C14H13ClFN5O. The highest BCUT2D eigenvalue weighted by Crippen LogP contribution is 2.23. The van der Waals surface area contributed by atoms with E-state index in [0.29, 0.717) is 5.56 Å². The number of allylic oxidation sites excluding steroid dienone is 2. The van der Waals surface area contributed by atoms with Crippen LogP contribution in [-0.4, -0.2) is 26.5 Å². The second-order valence-electron chi connectivity index (χ2n) is 4.31. The molecule has 1 unspecified atom stereocenters. The van der Waals surface area contributed by atoms with Crippen molar-refractivity contribution in [1.82, 2.24) is 25.9 Å². The lowest BCUT2D eigenvalue weighted by molar-refractivity contribution is -0.120. The molecule has 1 aromatic carbocycles. The first-order valence-electron chi connectivity index (χ1n) is 6.37. The van der Waals surface area contributed by atoms with Gasteiger partial charge < -0.3 is 5.32 Å². The number of aromatic amines is 1. The Kier molecular flexibility index (Phi) is 5.37. The first-order valence-corrected chi connectivity index (χ1v) is 6.75. The number of halogens is 2. The predicted molar refractivity (Wildman–Crippen MR) is 79.5 cm³/mol. The zero-order valence-electron chi connectivity index (χ0n) is 11.5. The van der Waals surface area contributed by atoms with Crippen LogP contribution in [0.25, 0.3) is 0 Å². The molecule has 2 N–H and O–H groups in total. The van der Waals surface area contributed by atoms with E-state index in [-0.39, 0.29) is 23.2 Å². The number of carbonyl (C=O) groups is 1. The van der Waals surface area contributed by atoms with E-state index in [1.165, 1.54) is 12.1 Å². The maximum Gasteiger partial charge on any atom is 0.224 e. The SMILES string of the molecule is C=C/C=C/CC(=O)NC(c1ccc(Cl)c(F)c1)c1nn[nH]n1. The van der Waals surface area contributed by atoms with E-state index in [1.54, 1.807) is 24.3 Å². The summed E-state index contributed by atoms with van der Waals surface area (Å²) in [6.07, 6.45) is 5.03. The average Bonchev–Trinajstić information content (AvgIpc) is 3.02. The summed E-state index contributed by atoms with van der Waals surface area (Å²) in [6.45, 7) is 3.52. The van der Waals surface area contributed by atoms with E-state index < -0.39 is 11.9 Å². The van der Waals surface area contributed by atoms with Crippen molar-refractivity contribution < 1.29 is 9.18 Å². The van der Waals surface area contributed by atoms with Gasteiger partial charge in [-0.1, -0.05) is 47.7 Å². The zero-order chi connectivity index (χ0) is 15.9. The van der Waals surface area contributed by atoms with Gasteiger partial charge in [0, 0.05) is 6.42 Å². The molecule has 0 spiro atoms. The van der Waals surface area contributed by atoms with Crippen molar-refractivity contribution in [3.8, 4) is 0 Å². The minimum Gasteiger partial charge on any atom is -0.342 e. The maximum absolute atomic E-state index is 13.6. The molecule has 0 saturated heterocycles. The Balaban J connectivity index is 2.23. The van der Waals surface area contributed by atoms with Crippen molar-refractivity contribution >= 4 is 17.5 Å². The van der Waals surface area contributed by atoms with Gasteiger partial charge in [-0.2, -0.15) is 5.21 Å². The van der Waals surface area contributed by atoms with Crippen molar-refractivity contribution in [2.45, 2.75) is 12.5 Å². The molecule has 0 aliphatic rings. The third-order valence-corrected chi connectivity index (χ3v) is 3.08. The molecule has 0 fully saturated rings. The number of aromatic nitrogens is 4. The van der Waals surface area contributed by atoms with Crippen LogP contribution in [0.2, 0.25) is 5.02 Å². The number of benzene rings is 1. The van der Waals surface area contributed by atoms with Crippen molar-refractivity contribution in [2.75, 3.05) is 0 Å². The van der Waals surface area contributed by atoms with Crippen molar-refractivity contribution in [1.29, 1.82) is 0 Å². The van der Waals surface area contributed by atoms with Crippen molar-refractivity contribution in [2.24, 2.45) is 0 Å². The minimum atomic E-state index is -0.727. The summed E-state index contributed by atoms with van der Waals surface area (Å²) in [5, 5.41) is 16.2. The third-order valence-electron chi connectivity index (χ3n) is 2.78. The fraction of sp³-hybridized carbons (Fsp3) is 0.143. The fourth-order valence-corrected chi connectivity index (χ4v) is 1.89. The van der Waals surface area contributed by atoms with Gasteiger partial charge in [0.15, 0.2) is 0 Å². The lowest BCUT2D eigenvalue weighted by Crippen LogP contribution is -2.29. The number of H-pyrrole nitrogens is 1. The Morgan fingerprint density at radius 3 is 3.00 bits per heavy atom. The smallest absolute Gasteiger partial charge is 0.224 e. The minimum absolute atomic E-state index is 0.00384. The summed E-state index contributed by atoms with van der Waals surface area (Å²) < 4.78 is 13.6. The molecule has 2 rings (SSSR count). The average molecular weight is 322 g/mol. The molecule has 2 aromatic rings. The van der Waals surface area contributed by atoms with Crippen LogP contribution < -0.4 is 5.32 Å². The number of carbonyl (C=O) groups excluding carboxylic acids is 1. The Labute approximate surface area is 131 Å². The van der Waals surface area contributed by atoms with Gasteiger partial charge in [0.2, 0.25) is 11.7 Å². The molecule has 22 heavy (non-hydrogen) atoms. The second kappa shape index (κ2) is 7.46. The fourth-order valence-electron chi connectivity index (χ4n) is 1.77. The van der Waals surface area contributed by atoms with E-state index >= 15 is 0 Å². The largest absolute Gasteiger partial charge is 0.342 e. The standard InChI is InChI=1S/C14H13ClFN5O/c1-2-3-4-5-12(22)17-13(14-18-20-21-19-14)9-6-7-10(15)11(16)8-9/h2-4,6-8,13H,1,5H2,(H,17,22)(H,18,19,20,21)/b4-3+. The van der Waals surface area contributed by atoms with E-state index in [0.717, 1.165) is 0 Å². The molecule has 1 heterocycles. The summed E-state index contributed by atoms with van der Waals surface area (Å²) in [5.74, 6) is -0.639. The normalized spacial score (nSPS) is 12.3. The van der Waals surface area contributed by atoms with Gasteiger partial charge in [0.05, 0.1) is 5.02 Å². The summed E-state index contributed by atoms with van der Waals surface area (Å²) in [6, 6.07) is 3.49. The van der Waals surface area contributed by atoms with Crippen LogP contribution >= 0.6 is 11.6 Å². The van der Waals surface area contributed by atoms with Gasteiger partial charge in [-0.25, -0.2) is 4.39 Å². The Morgan fingerprint density at radius 1 is 1.55 bits per heavy atom. The van der Waals surface area contributed by atoms with Gasteiger partial charge >= 0.3 is 0 Å². The zero-order valence-corrected chi connectivity index (χ0v) is 12.2. The Bertz CT molecular complexity index is 687. The van der Waals surface area contributed by atoms with Crippen LogP contribution in [0.5, 0.6) is 0 Å². The summed E-state index contributed by atoms with van der Waals surface area (Å²) in [4.78, 5) is 11.9. The lowest BCUT2D eigenvalue weighted by atomic mass is 10.1. The highest BCUT2D eigenvalue weighted by Gasteiger charge is 2.21. The third kappa shape index (κ3) is 3.98. The number of tetrazole rings is 1. The molecule has 1 atom stereocenters. The Hall–Kier alpha value is -2.54. The monoisotopic (exact) mass is 321 g/mol. The van der Waals surface area contributed by atoms with Crippen molar-refractivity contribution in [3.63, 3.8) is 0 Å². The first-order chi connectivity index (χ1) is 10.6. The summed E-state index contributed by atoms with van der Waals surface area (Å²) >= 11 is 5.67. The summed E-state index contributed by atoms with van der Waals surface area (Å²) in [5.41, 5.74) is 0.462. The molecule has 1 aromatic heterocycles.